The maximum atomic E-state index is 12.9. The van der Waals surface area contributed by atoms with Gasteiger partial charge in [-0.2, -0.15) is 0 Å². The van der Waals surface area contributed by atoms with Gasteiger partial charge in [0.2, 0.25) is 0 Å². The summed E-state index contributed by atoms with van der Waals surface area (Å²) in [5.41, 5.74) is 8.28. The van der Waals surface area contributed by atoms with Crippen LogP contribution in [0.25, 0.3) is 12.2 Å². The molecule has 20 heavy (non-hydrogen) atoms. The van der Waals surface area contributed by atoms with Crippen molar-refractivity contribution in [1.29, 1.82) is 0 Å². The Bertz CT molecular complexity index is 584. The lowest BCUT2D eigenvalue weighted by Gasteiger charge is -2.06. The molecule has 0 aliphatic carbocycles. The Balaban J connectivity index is 2.26. The molecule has 5 heteroatoms. The highest BCUT2D eigenvalue weighted by molar-refractivity contribution is 5.68. The standard InChI is InChI=1S/C15H19FN4/c1-11(2)10-20-15(14(9-17)18-19-20)8-5-12-3-6-13(16)7-4-12/h3-8,11H,9-10,17H2,1-2H3/b8-5+. The van der Waals surface area contributed by atoms with Crippen LogP contribution in [0.1, 0.15) is 30.8 Å². The monoisotopic (exact) mass is 274 g/mol. The third kappa shape index (κ3) is 3.51. The van der Waals surface area contributed by atoms with Gasteiger partial charge in [-0.25, -0.2) is 9.07 Å². The summed E-state index contributed by atoms with van der Waals surface area (Å²) in [6.07, 6.45) is 3.84. The van der Waals surface area contributed by atoms with Crippen LogP contribution in [0, 0.1) is 11.7 Å². The van der Waals surface area contributed by atoms with E-state index in [0.717, 1.165) is 23.5 Å². The molecule has 106 valence electrons. The SMILES string of the molecule is CC(C)Cn1nnc(CN)c1/C=C/c1ccc(F)cc1. The van der Waals surface area contributed by atoms with E-state index >= 15 is 0 Å². The Morgan fingerprint density at radius 3 is 2.55 bits per heavy atom. The highest BCUT2D eigenvalue weighted by atomic mass is 19.1. The minimum Gasteiger partial charge on any atom is -0.325 e. The summed E-state index contributed by atoms with van der Waals surface area (Å²) in [6, 6.07) is 6.33. The van der Waals surface area contributed by atoms with E-state index in [1.807, 2.05) is 16.8 Å². The molecule has 1 heterocycles. The molecular formula is C15H19FN4. The fourth-order valence-electron chi connectivity index (χ4n) is 1.91. The largest absolute Gasteiger partial charge is 0.325 e. The van der Waals surface area contributed by atoms with Gasteiger partial charge in [0, 0.05) is 13.1 Å². The summed E-state index contributed by atoms with van der Waals surface area (Å²) in [5.74, 6) is 0.233. The van der Waals surface area contributed by atoms with Crippen LogP contribution < -0.4 is 5.73 Å². The molecule has 0 saturated heterocycles. The molecule has 2 rings (SSSR count). The van der Waals surface area contributed by atoms with Crippen LogP contribution in [0.5, 0.6) is 0 Å². The van der Waals surface area contributed by atoms with Gasteiger partial charge in [0.1, 0.15) is 11.5 Å². The van der Waals surface area contributed by atoms with Crippen LogP contribution in [0.2, 0.25) is 0 Å². The first-order chi connectivity index (χ1) is 9.60. The predicted octanol–water partition coefficient (Wildman–Crippen LogP) is 2.70. The van der Waals surface area contributed by atoms with Gasteiger partial charge < -0.3 is 5.73 Å². The summed E-state index contributed by atoms with van der Waals surface area (Å²) in [4.78, 5) is 0. The summed E-state index contributed by atoms with van der Waals surface area (Å²) in [5, 5.41) is 8.22. The van der Waals surface area contributed by atoms with Crippen molar-refractivity contribution in [1.82, 2.24) is 15.0 Å². The summed E-state index contributed by atoms with van der Waals surface area (Å²) in [7, 11) is 0. The van der Waals surface area contributed by atoms with Gasteiger partial charge in [-0.1, -0.05) is 37.3 Å². The molecule has 0 bridgehead atoms. The maximum absolute atomic E-state index is 12.9. The molecule has 2 aromatic rings. The number of hydrogen-bond acceptors (Lipinski definition) is 3. The quantitative estimate of drug-likeness (QED) is 0.912. The zero-order valence-corrected chi connectivity index (χ0v) is 11.8. The molecule has 0 spiro atoms. The third-order valence-electron chi connectivity index (χ3n) is 2.88. The number of rotatable bonds is 5. The second-order valence-corrected chi connectivity index (χ2v) is 5.09. The summed E-state index contributed by atoms with van der Waals surface area (Å²) < 4.78 is 14.7. The Morgan fingerprint density at radius 2 is 1.95 bits per heavy atom. The Morgan fingerprint density at radius 1 is 1.25 bits per heavy atom. The number of hydrogen-bond donors (Lipinski definition) is 1. The van der Waals surface area contributed by atoms with Crippen LogP contribution in [-0.4, -0.2) is 15.0 Å². The van der Waals surface area contributed by atoms with Crippen molar-refractivity contribution in [3.63, 3.8) is 0 Å². The number of halogens is 1. The summed E-state index contributed by atoms with van der Waals surface area (Å²) >= 11 is 0. The maximum Gasteiger partial charge on any atom is 0.123 e. The van der Waals surface area contributed by atoms with E-state index in [1.165, 1.54) is 12.1 Å². The lowest BCUT2D eigenvalue weighted by atomic mass is 10.1. The van der Waals surface area contributed by atoms with Crippen molar-refractivity contribution in [2.75, 3.05) is 0 Å². The lowest BCUT2D eigenvalue weighted by molar-refractivity contribution is 0.469. The van der Waals surface area contributed by atoms with E-state index in [2.05, 4.69) is 24.2 Å². The van der Waals surface area contributed by atoms with Gasteiger partial charge in [0.15, 0.2) is 0 Å². The molecule has 0 unspecified atom stereocenters. The van der Waals surface area contributed by atoms with Crippen molar-refractivity contribution in [3.05, 3.63) is 47.0 Å². The fourth-order valence-corrected chi connectivity index (χ4v) is 1.91. The van der Waals surface area contributed by atoms with Crippen LogP contribution in [0.4, 0.5) is 4.39 Å². The molecule has 0 aliphatic rings. The molecule has 0 aliphatic heterocycles. The molecule has 0 radical (unpaired) electrons. The topological polar surface area (TPSA) is 56.7 Å². The van der Waals surface area contributed by atoms with E-state index in [9.17, 15) is 4.39 Å². The number of nitrogens with two attached hydrogens (primary N) is 1. The van der Waals surface area contributed by atoms with E-state index in [1.54, 1.807) is 12.1 Å². The van der Waals surface area contributed by atoms with Gasteiger partial charge in [0.25, 0.3) is 0 Å². The van der Waals surface area contributed by atoms with Crippen molar-refractivity contribution < 1.29 is 4.39 Å². The first-order valence-corrected chi connectivity index (χ1v) is 6.66. The van der Waals surface area contributed by atoms with Gasteiger partial charge in [-0.05, 0) is 29.7 Å². The van der Waals surface area contributed by atoms with Gasteiger partial charge >= 0.3 is 0 Å². The van der Waals surface area contributed by atoms with Gasteiger partial charge in [0.05, 0.1) is 5.69 Å². The molecular weight excluding hydrogens is 255 g/mol. The number of benzene rings is 1. The van der Waals surface area contributed by atoms with Crippen LogP contribution in [-0.2, 0) is 13.1 Å². The highest BCUT2D eigenvalue weighted by Crippen LogP contribution is 2.13. The molecule has 2 N–H and O–H groups in total. The molecule has 0 saturated carbocycles. The number of aromatic nitrogens is 3. The van der Waals surface area contributed by atoms with E-state index in [0.29, 0.717) is 12.5 Å². The molecule has 0 amide bonds. The van der Waals surface area contributed by atoms with Crippen molar-refractivity contribution in [2.45, 2.75) is 26.9 Å². The second kappa shape index (κ2) is 6.43. The number of nitrogens with zero attached hydrogens (tertiary/aromatic N) is 3. The van der Waals surface area contributed by atoms with Gasteiger partial charge in [-0.15, -0.1) is 5.10 Å². The molecule has 0 atom stereocenters. The minimum atomic E-state index is -0.240. The first-order valence-electron chi connectivity index (χ1n) is 6.66. The van der Waals surface area contributed by atoms with Crippen molar-refractivity contribution in [2.24, 2.45) is 11.7 Å². The summed E-state index contributed by atoms with van der Waals surface area (Å²) in [6.45, 7) is 5.38. The second-order valence-electron chi connectivity index (χ2n) is 5.09. The van der Waals surface area contributed by atoms with E-state index < -0.39 is 0 Å². The van der Waals surface area contributed by atoms with Crippen molar-refractivity contribution in [3.8, 4) is 0 Å². The van der Waals surface area contributed by atoms with Gasteiger partial charge in [-0.3, -0.25) is 0 Å². The molecule has 1 aromatic carbocycles. The smallest absolute Gasteiger partial charge is 0.123 e. The highest BCUT2D eigenvalue weighted by Gasteiger charge is 2.09. The minimum absolute atomic E-state index is 0.240. The average molecular weight is 274 g/mol. The first kappa shape index (κ1) is 14.4. The molecule has 0 fully saturated rings. The fraction of sp³-hybridized carbons (Fsp3) is 0.333. The zero-order chi connectivity index (χ0) is 14.5. The molecule has 1 aromatic heterocycles. The Hall–Kier alpha value is -2.01. The lowest BCUT2D eigenvalue weighted by Crippen LogP contribution is -2.08. The Kier molecular flexibility index (Phi) is 4.63. The average Bonchev–Trinajstić information content (AvgIpc) is 2.79. The van der Waals surface area contributed by atoms with Crippen LogP contribution >= 0.6 is 0 Å². The van der Waals surface area contributed by atoms with E-state index in [4.69, 9.17) is 5.73 Å². The third-order valence-corrected chi connectivity index (χ3v) is 2.88. The zero-order valence-electron chi connectivity index (χ0n) is 11.8. The Labute approximate surface area is 118 Å². The van der Waals surface area contributed by atoms with Crippen LogP contribution in [0.15, 0.2) is 24.3 Å². The van der Waals surface area contributed by atoms with Crippen LogP contribution in [0.3, 0.4) is 0 Å². The van der Waals surface area contributed by atoms with E-state index in [-0.39, 0.29) is 5.82 Å². The molecule has 4 nitrogen and oxygen atoms in total. The normalized spacial score (nSPS) is 11.7. The van der Waals surface area contributed by atoms with Crippen molar-refractivity contribution >= 4 is 12.2 Å². The predicted molar refractivity (Wildman–Crippen MR) is 78.1 cm³/mol.